The third-order valence-electron chi connectivity index (χ3n) is 3.57. The number of nitrogens with zero attached hydrogens (tertiary/aromatic N) is 1. The largest absolute Gasteiger partial charge is 0.494 e. The van der Waals surface area contributed by atoms with Gasteiger partial charge in [0.2, 0.25) is 5.91 Å². The first-order valence-corrected chi connectivity index (χ1v) is 8.06. The number of nitrogens with two attached hydrogens (primary N) is 1. The van der Waals surface area contributed by atoms with Gasteiger partial charge in [0.05, 0.1) is 16.8 Å². The molecule has 1 unspecified atom stereocenters. The number of rotatable bonds is 6. The van der Waals surface area contributed by atoms with Crippen LogP contribution in [0.3, 0.4) is 0 Å². The quantitative estimate of drug-likeness (QED) is 0.860. The van der Waals surface area contributed by atoms with Crippen molar-refractivity contribution in [3.05, 3.63) is 18.2 Å². The van der Waals surface area contributed by atoms with Gasteiger partial charge in [-0.05, 0) is 43.9 Å². The number of carbonyl (C=O) groups is 1. The van der Waals surface area contributed by atoms with Crippen molar-refractivity contribution in [1.82, 2.24) is 4.98 Å². The van der Waals surface area contributed by atoms with Crippen LogP contribution in [0.15, 0.2) is 18.2 Å². The highest BCUT2D eigenvalue weighted by Crippen LogP contribution is 2.33. The molecule has 2 aromatic rings. The third kappa shape index (κ3) is 3.51. The van der Waals surface area contributed by atoms with Crippen LogP contribution >= 0.6 is 11.3 Å². The highest BCUT2D eigenvalue weighted by molar-refractivity contribution is 7.22. The first kappa shape index (κ1) is 14.3. The van der Waals surface area contributed by atoms with Gasteiger partial charge in [-0.1, -0.05) is 11.3 Å². The molecular weight excluding hydrogens is 286 g/mol. The molecule has 1 atom stereocenters. The van der Waals surface area contributed by atoms with Gasteiger partial charge in [-0.3, -0.25) is 4.79 Å². The molecule has 1 heterocycles. The second-order valence-electron chi connectivity index (χ2n) is 5.34. The summed E-state index contributed by atoms with van der Waals surface area (Å²) in [6.45, 7) is 2.58. The Hall–Kier alpha value is -1.66. The number of carbonyl (C=O) groups excluding carboxylic acids is 1. The number of aromatic nitrogens is 1. The molecule has 1 fully saturated rings. The van der Waals surface area contributed by atoms with Crippen molar-refractivity contribution in [2.24, 2.45) is 11.7 Å². The SMILES string of the molecule is CCOc1ccc2nc(NC(=O)CC(N)C3CC3)sc2c1. The minimum Gasteiger partial charge on any atom is -0.494 e. The Balaban J connectivity index is 1.67. The zero-order valence-corrected chi connectivity index (χ0v) is 12.8. The first-order valence-electron chi connectivity index (χ1n) is 7.24. The van der Waals surface area contributed by atoms with E-state index in [9.17, 15) is 4.79 Å². The average Bonchev–Trinajstić information content (AvgIpc) is 3.20. The molecule has 21 heavy (non-hydrogen) atoms. The fraction of sp³-hybridized carbons (Fsp3) is 0.467. The molecule has 1 aromatic carbocycles. The van der Waals surface area contributed by atoms with Crippen molar-refractivity contribution >= 4 is 32.6 Å². The highest BCUT2D eigenvalue weighted by Gasteiger charge is 2.29. The van der Waals surface area contributed by atoms with Crippen LogP contribution in [0.4, 0.5) is 5.13 Å². The second kappa shape index (κ2) is 5.99. The van der Waals surface area contributed by atoms with E-state index < -0.39 is 0 Å². The summed E-state index contributed by atoms with van der Waals surface area (Å²) in [5.41, 5.74) is 6.83. The van der Waals surface area contributed by atoms with E-state index in [0.29, 0.717) is 24.1 Å². The predicted octanol–water partition coefficient (Wildman–Crippen LogP) is 2.76. The summed E-state index contributed by atoms with van der Waals surface area (Å²) < 4.78 is 6.47. The topological polar surface area (TPSA) is 77.2 Å². The summed E-state index contributed by atoms with van der Waals surface area (Å²) in [7, 11) is 0. The van der Waals surface area contributed by atoms with Gasteiger partial charge in [0.15, 0.2) is 5.13 Å². The fourth-order valence-corrected chi connectivity index (χ4v) is 3.20. The predicted molar refractivity (Wildman–Crippen MR) is 84.7 cm³/mol. The van der Waals surface area contributed by atoms with E-state index >= 15 is 0 Å². The first-order chi connectivity index (χ1) is 10.2. The fourth-order valence-electron chi connectivity index (χ4n) is 2.29. The van der Waals surface area contributed by atoms with E-state index in [0.717, 1.165) is 28.8 Å². The van der Waals surface area contributed by atoms with Crippen LogP contribution in [-0.4, -0.2) is 23.5 Å². The molecule has 112 valence electrons. The summed E-state index contributed by atoms with van der Waals surface area (Å²) in [5.74, 6) is 1.29. The number of benzene rings is 1. The van der Waals surface area contributed by atoms with E-state index in [1.165, 1.54) is 11.3 Å². The van der Waals surface area contributed by atoms with E-state index in [-0.39, 0.29) is 11.9 Å². The van der Waals surface area contributed by atoms with Crippen LogP contribution in [0.2, 0.25) is 0 Å². The van der Waals surface area contributed by atoms with Crippen LogP contribution in [0.5, 0.6) is 5.75 Å². The monoisotopic (exact) mass is 305 g/mol. The van der Waals surface area contributed by atoms with Crippen LogP contribution in [0, 0.1) is 5.92 Å². The molecular formula is C15H19N3O2S. The van der Waals surface area contributed by atoms with E-state index in [1.54, 1.807) is 0 Å². The second-order valence-corrected chi connectivity index (χ2v) is 6.37. The zero-order chi connectivity index (χ0) is 14.8. The summed E-state index contributed by atoms with van der Waals surface area (Å²) in [6.07, 6.45) is 2.66. The molecule has 1 aliphatic rings. The lowest BCUT2D eigenvalue weighted by Gasteiger charge is -2.08. The Morgan fingerprint density at radius 1 is 1.57 bits per heavy atom. The number of thiazole rings is 1. The molecule has 6 heteroatoms. The van der Waals surface area contributed by atoms with Gasteiger partial charge in [-0.15, -0.1) is 0 Å². The summed E-state index contributed by atoms with van der Waals surface area (Å²) >= 11 is 1.45. The minimum absolute atomic E-state index is 0.0241. The summed E-state index contributed by atoms with van der Waals surface area (Å²) in [6, 6.07) is 5.72. The molecule has 0 aliphatic heterocycles. The smallest absolute Gasteiger partial charge is 0.227 e. The van der Waals surface area contributed by atoms with Crippen molar-refractivity contribution in [3.8, 4) is 5.75 Å². The van der Waals surface area contributed by atoms with Crippen molar-refractivity contribution in [3.63, 3.8) is 0 Å². The Kier molecular flexibility index (Phi) is 4.07. The number of nitrogens with one attached hydrogen (secondary N) is 1. The minimum atomic E-state index is -0.0570. The highest BCUT2D eigenvalue weighted by atomic mass is 32.1. The Morgan fingerprint density at radius 2 is 2.38 bits per heavy atom. The lowest BCUT2D eigenvalue weighted by molar-refractivity contribution is -0.116. The number of hydrogen-bond acceptors (Lipinski definition) is 5. The van der Waals surface area contributed by atoms with E-state index in [2.05, 4.69) is 10.3 Å². The van der Waals surface area contributed by atoms with Crippen molar-refractivity contribution < 1.29 is 9.53 Å². The zero-order valence-electron chi connectivity index (χ0n) is 12.0. The standard InChI is InChI=1S/C15H19N3O2S/c1-2-20-10-5-6-12-13(7-10)21-15(17-12)18-14(19)8-11(16)9-3-4-9/h5-7,9,11H,2-4,8,16H2,1H3,(H,17,18,19). The molecule has 1 saturated carbocycles. The van der Waals surface area contributed by atoms with Crippen molar-refractivity contribution in [1.29, 1.82) is 0 Å². The number of amides is 1. The number of fused-ring (bicyclic) bond motifs is 1. The van der Waals surface area contributed by atoms with Crippen LogP contribution in [-0.2, 0) is 4.79 Å². The molecule has 0 saturated heterocycles. The number of hydrogen-bond donors (Lipinski definition) is 2. The normalized spacial score (nSPS) is 15.9. The maximum Gasteiger partial charge on any atom is 0.227 e. The molecule has 1 aromatic heterocycles. The summed E-state index contributed by atoms with van der Waals surface area (Å²) in [5, 5.41) is 3.46. The summed E-state index contributed by atoms with van der Waals surface area (Å²) in [4.78, 5) is 16.4. The van der Waals surface area contributed by atoms with Gasteiger partial charge in [-0.25, -0.2) is 4.98 Å². The van der Waals surface area contributed by atoms with E-state index in [4.69, 9.17) is 10.5 Å². The van der Waals surface area contributed by atoms with E-state index in [1.807, 2.05) is 25.1 Å². The van der Waals surface area contributed by atoms with Gasteiger partial charge in [-0.2, -0.15) is 0 Å². The third-order valence-corrected chi connectivity index (χ3v) is 4.50. The van der Waals surface area contributed by atoms with Crippen LogP contribution in [0.25, 0.3) is 10.2 Å². The maximum atomic E-state index is 12.0. The number of ether oxygens (including phenoxy) is 1. The lowest BCUT2D eigenvalue weighted by atomic mass is 10.1. The molecule has 1 aliphatic carbocycles. The average molecular weight is 305 g/mol. The molecule has 0 spiro atoms. The molecule has 0 bridgehead atoms. The van der Waals surface area contributed by atoms with Gasteiger partial charge < -0.3 is 15.8 Å². The van der Waals surface area contributed by atoms with Crippen molar-refractivity contribution in [2.75, 3.05) is 11.9 Å². The molecule has 1 amide bonds. The van der Waals surface area contributed by atoms with Gasteiger partial charge in [0.1, 0.15) is 5.75 Å². The molecule has 0 radical (unpaired) electrons. The maximum absolute atomic E-state index is 12.0. The van der Waals surface area contributed by atoms with Crippen molar-refractivity contribution in [2.45, 2.75) is 32.2 Å². The van der Waals surface area contributed by atoms with Crippen LogP contribution in [0.1, 0.15) is 26.2 Å². The van der Waals surface area contributed by atoms with Gasteiger partial charge >= 0.3 is 0 Å². The van der Waals surface area contributed by atoms with Gasteiger partial charge in [0.25, 0.3) is 0 Å². The van der Waals surface area contributed by atoms with Crippen LogP contribution < -0.4 is 15.8 Å². The molecule has 5 nitrogen and oxygen atoms in total. The Labute approximate surface area is 127 Å². The molecule has 3 rings (SSSR count). The Morgan fingerprint density at radius 3 is 3.10 bits per heavy atom. The molecule has 3 N–H and O–H groups in total. The Bertz CT molecular complexity index is 651. The van der Waals surface area contributed by atoms with Gasteiger partial charge in [0, 0.05) is 12.5 Å². The number of anilines is 1. The lowest BCUT2D eigenvalue weighted by Crippen LogP contribution is -2.28.